The number of rotatable bonds is 5. The highest BCUT2D eigenvalue weighted by Gasteiger charge is 2.27. The summed E-state index contributed by atoms with van der Waals surface area (Å²) in [4.78, 5) is 19.8. The summed E-state index contributed by atoms with van der Waals surface area (Å²) in [6.07, 6.45) is 2.02. The van der Waals surface area contributed by atoms with Crippen molar-refractivity contribution < 1.29 is 14.3 Å². The Morgan fingerprint density at radius 1 is 1.37 bits per heavy atom. The molecule has 5 nitrogen and oxygen atoms in total. The Kier molecular flexibility index (Phi) is 5.43. The van der Waals surface area contributed by atoms with E-state index in [1.165, 1.54) is 11.3 Å². The summed E-state index contributed by atoms with van der Waals surface area (Å²) in [5.74, 6) is 0.631. The van der Waals surface area contributed by atoms with Gasteiger partial charge in [-0.1, -0.05) is 39.4 Å². The van der Waals surface area contributed by atoms with E-state index < -0.39 is 0 Å². The van der Waals surface area contributed by atoms with Crippen LogP contribution >= 0.6 is 27.3 Å². The molecule has 2 heterocycles. The average molecular weight is 447 g/mol. The highest BCUT2D eigenvalue weighted by Crippen LogP contribution is 2.35. The zero-order chi connectivity index (χ0) is 18.8. The summed E-state index contributed by atoms with van der Waals surface area (Å²) in [6.45, 7) is 1.24. The first-order valence-electron chi connectivity index (χ1n) is 8.78. The molecule has 7 heteroatoms. The quantitative estimate of drug-likeness (QED) is 0.559. The van der Waals surface area contributed by atoms with Crippen LogP contribution in [0.2, 0.25) is 0 Å². The number of amides is 1. The van der Waals surface area contributed by atoms with Gasteiger partial charge in [0.2, 0.25) is 0 Å². The van der Waals surface area contributed by atoms with Gasteiger partial charge in [0.15, 0.2) is 5.13 Å². The number of ether oxygens (including phenoxy) is 2. The monoisotopic (exact) mass is 446 g/mol. The van der Waals surface area contributed by atoms with Gasteiger partial charge in [0.05, 0.1) is 24.5 Å². The van der Waals surface area contributed by atoms with Crippen LogP contribution in [0.25, 0.3) is 10.2 Å². The van der Waals surface area contributed by atoms with Crippen molar-refractivity contribution in [2.24, 2.45) is 0 Å². The Morgan fingerprint density at radius 2 is 2.22 bits per heavy atom. The largest absolute Gasteiger partial charge is 0.494 e. The van der Waals surface area contributed by atoms with Gasteiger partial charge in [0, 0.05) is 16.6 Å². The molecule has 140 valence electrons. The van der Waals surface area contributed by atoms with Crippen molar-refractivity contribution in [1.29, 1.82) is 0 Å². The molecule has 1 aliphatic heterocycles. The standard InChI is InChI=1S/C20H19BrN2O3S/c1-25-16-8-3-9-17-18(16)22-20(27-17)23(12-15-7-4-10-26-15)19(24)13-5-2-6-14(21)11-13/h2-3,5-6,8-9,11,15H,4,7,10,12H2,1H3. The first-order chi connectivity index (χ1) is 13.2. The van der Waals surface area contributed by atoms with Crippen LogP contribution in [0.1, 0.15) is 23.2 Å². The SMILES string of the molecule is COc1cccc2sc(N(CC3CCCO3)C(=O)c3cccc(Br)c3)nc12. The van der Waals surface area contributed by atoms with Gasteiger partial charge >= 0.3 is 0 Å². The fourth-order valence-corrected chi connectivity index (χ4v) is 4.60. The van der Waals surface area contributed by atoms with E-state index in [0.717, 1.165) is 34.1 Å². The third-order valence-corrected chi connectivity index (χ3v) is 6.09. The number of carbonyl (C=O) groups is 1. The molecular weight excluding hydrogens is 428 g/mol. The lowest BCUT2D eigenvalue weighted by molar-refractivity contribution is 0.0917. The summed E-state index contributed by atoms with van der Waals surface area (Å²) < 4.78 is 13.1. The van der Waals surface area contributed by atoms with E-state index >= 15 is 0 Å². The third kappa shape index (κ3) is 3.85. The Bertz CT molecular complexity index is 969. The molecule has 0 N–H and O–H groups in total. The molecule has 1 saturated heterocycles. The number of hydrogen-bond donors (Lipinski definition) is 0. The summed E-state index contributed by atoms with van der Waals surface area (Å²) in [7, 11) is 1.63. The molecule has 1 aromatic heterocycles. The molecule has 27 heavy (non-hydrogen) atoms. The van der Waals surface area contributed by atoms with E-state index in [4.69, 9.17) is 14.5 Å². The van der Waals surface area contributed by atoms with Crippen LogP contribution in [-0.4, -0.2) is 37.3 Å². The number of thiazole rings is 1. The topological polar surface area (TPSA) is 51.7 Å². The normalized spacial score (nSPS) is 16.6. The highest BCUT2D eigenvalue weighted by molar-refractivity contribution is 9.10. The molecule has 1 unspecified atom stereocenters. The van der Waals surface area contributed by atoms with Crippen LogP contribution in [-0.2, 0) is 4.74 Å². The van der Waals surface area contributed by atoms with Crippen molar-refractivity contribution in [2.75, 3.05) is 25.2 Å². The molecule has 4 rings (SSSR count). The molecular formula is C20H19BrN2O3S. The number of fused-ring (bicyclic) bond motifs is 1. The maximum Gasteiger partial charge on any atom is 0.260 e. The van der Waals surface area contributed by atoms with E-state index in [1.807, 2.05) is 42.5 Å². The lowest BCUT2D eigenvalue weighted by Gasteiger charge is -2.23. The number of hydrogen-bond acceptors (Lipinski definition) is 5. The van der Waals surface area contributed by atoms with Crippen LogP contribution in [0.4, 0.5) is 5.13 Å². The van der Waals surface area contributed by atoms with Gasteiger partial charge in [-0.3, -0.25) is 9.69 Å². The average Bonchev–Trinajstić information content (AvgIpc) is 3.34. The smallest absolute Gasteiger partial charge is 0.260 e. The molecule has 0 saturated carbocycles. The number of halogens is 1. The van der Waals surface area contributed by atoms with E-state index in [-0.39, 0.29) is 12.0 Å². The van der Waals surface area contributed by atoms with Crippen molar-refractivity contribution in [1.82, 2.24) is 4.98 Å². The summed E-state index contributed by atoms with van der Waals surface area (Å²) in [6, 6.07) is 13.2. The van der Waals surface area contributed by atoms with Gasteiger partial charge in [-0.2, -0.15) is 0 Å². The lowest BCUT2D eigenvalue weighted by Crippen LogP contribution is -2.37. The summed E-state index contributed by atoms with van der Waals surface area (Å²) in [5, 5.41) is 0.662. The van der Waals surface area contributed by atoms with Gasteiger partial charge in [0.25, 0.3) is 5.91 Å². The number of carbonyl (C=O) groups excluding carboxylic acids is 1. The lowest BCUT2D eigenvalue weighted by atomic mass is 10.2. The predicted molar refractivity (Wildman–Crippen MR) is 111 cm³/mol. The third-order valence-electron chi connectivity index (χ3n) is 4.55. The molecule has 0 spiro atoms. The van der Waals surface area contributed by atoms with Crippen LogP contribution in [0.15, 0.2) is 46.9 Å². The molecule has 3 aromatic rings. The second kappa shape index (κ2) is 7.96. The minimum absolute atomic E-state index is 0.0370. The van der Waals surface area contributed by atoms with Gasteiger partial charge in [-0.05, 0) is 43.2 Å². The van der Waals surface area contributed by atoms with Crippen molar-refractivity contribution in [3.05, 3.63) is 52.5 Å². The zero-order valence-corrected chi connectivity index (χ0v) is 17.3. The minimum Gasteiger partial charge on any atom is -0.494 e. The number of aromatic nitrogens is 1. The summed E-state index contributed by atoms with van der Waals surface area (Å²) >= 11 is 4.94. The Balaban J connectivity index is 1.74. The van der Waals surface area contributed by atoms with E-state index in [0.29, 0.717) is 23.0 Å². The van der Waals surface area contributed by atoms with Gasteiger partial charge in [-0.15, -0.1) is 0 Å². The first kappa shape index (κ1) is 18.4. The molecule has 1 amide bonds. The number of anilines is 1. The maximum atomic E-state index is 13.3. The van der Waals surface area contributed by atoms with Crippen molar-refractivity contribution in [3.63, 3.8) is 0 Å². The Morgan fingerprint density at radius 3 is 2.96 bits per heavy atom. The van der Waals surface area contributed by atoms with Gasteiger partial charge in [-0.25, -0.2) is 4.98 Å². The molecule has 1 fully saturated rings. The molecule has 1 aliphatic rings. The van der Waals surface area contributed by atoms with Crippen LogP contribution < -0.4 is 9.64 Å². The number of para-hydroxylation sites is 1. The van der Waals surface area contributed by atoms with E-state index in [9.17, 15) is 4.79 Å². The van der Waals surface area contributed by atoms with Gasteiger partial charge in [0.1, 0.15) is 11.3 Å². The molecule has 0 radical (unpaired) electrons. The zero-order valence-electron chi connectivity index (χ0n) is 14.9. The van der Waals surface area contributed by atoms with E-state index in [2.05, 4.69) is 15.9 Å². The summed E-state index contributed by atoms with van der Waals surface area (Å²) in [5.41, 5.74) is 1.40. The van der Waals surface area contributed by atoms with Crippen LogP contribution in [0, 0.1) is 0 Å². The minimum atomic E-state index is -0.0789. The second-order valence-corrected chi connectivity index (χ2v) is 8.29. The molecule has 0 bridgehead atoms. The van der Waals surface area contributed by atoms with E-state index in [1.54, 1.807) is 12.0 Å². The highest BCUT2D eigenvalue weighted by atomic mass is 79.9. The molecule has 0 aliphatic carbocycles. The van der Waals surface area contributed by atoms with Crippen molar-refractivity contribution in [2.45, 2.75) is 18.9 Å². The maximum absolute atomic E-state index is 13.3. The Hall–Kier alpha value is -1.96. The fourth-order valence-electron chi connectivity index (χ4n) is 3.21. The van der Waals surface area contributed by atoms with Crippen LogP contribution in [0.5, 0.6) is 5.75 Å². The van der Waals surface area contributed by atoms with Crippen molar-refractivity contribution >= 4 is 48.5 Å². The second-order valence-electron chi connectivity index (χ2n) is 6.36. The Labute approximate surface area is 170 Å². The van der Waals surface area contributed by atoms with Crippen molar-refractivity contribution in [3.8, 4) is 5.75 Å². The van der Waals surface area contributed by atoms with Crippen LogP contribution in [0.3, 0.4) is 0 Å². The predicted octanol–water partition coefficient (Wildman–Crippen LogP) is 4.89. The number of methoxy groups -OCH3 is 1. The van der Waals surface area contributed by atoms with Gasteiger partial charge < -0.3 is 9.47 Å². The number of nitrogens with zero attached hydrogens (tertiary/aromatic N) is 2. The first-order valence-corrected chi connectivity index (χ1v) is 10.4. The number of benzene rings is 2. The fraction of sp³-hybridized carbons (Fsp3) is 0.300. The molecule has 2 aromatic carbocycles. The molecule has 1 atom stereocenters.